The molecule has 0 saturated carbocycles. The molecule has 4 heteroatoms. The second-order valence-corrected chi connectivity index (χ2v) is 6.27. The molecule has 4 N–H and O–H groups in total. The molecule has 0 amide bonds. The van der Waals surface area contributed by atoms with Crippen LogP contribution in [0.15, 0.2) is 60.7 Å². The lowest BCUT2D eigenvalue weighted by Gasteiger charge is -2.15. The summed E-state index contributed by atoms with van der Waals surface area (Å²) >= 11 is 0. The highest BCUT2D eigenvalue weighted by atomic mass is 16.3. The highest BCUT2D eigenvalue weighted by Gasteiger charge is 2.10. The van der Waals surface area contributed by atoms with Crippen molar-refractivity contribution in [1.29, 1.82) is 0 Å². The van der Waals surface area contributed by atoms with Crippen molar-refractivity contribution >= 4 is 38.9 Å². The molecule has 124 valence electrons. The maximum atomic E-state index is 9.44. The minimum Gasteiger partial charge on any atom is -0.399 e. The van der Waals surface area contributed by atoms with Crippen molar-refractivity contribution in [3.63, 3.8) is 0 Å². The molecule has 0 fully saturated rings. The number of hydrogen-bond acceptors (Lipinski definition) is 4. The third-order valence-corrected chi connectivity index (χ3v) is 4.30. The fourth-order valence-electron chi connectivity index (χ4n) is 3.17. The van der Waals surface area contributed by atoms with Crippen LogP contribution in [0.3, 0.4) is 0 Å². The average Bonchev–Trinajstić information content (AvgIpc) is 2.61. The number of para-hydroxylation sites is 1. The lowest BCUT2D eigenvalue weighted by Crippen LogP contribution is -1.98. The Morgan fingerprint density at radius 2 is 1.76 bits per heavy atom. The minimum absolute atomic E-state index is 0.0450. The Morgan fingerprint density at radius 1 is 0.960 bits per heavy atom. The van der Waals surface area contributed by atoms with Crippen molar-refractivity contribution in [2.45, 2.75) is 13.5 Å². The summed E-state index contributed by atoms with van der Waals surface area (Å²) in [5.74, 6) is 0. The predicted octanol–water partition coefficient (Wildman–Crippen LogP) is 4.51. The number of pyridine rings is 1. The van der Waals surface area contributed by atoms with Gasteiger partial charge in [-0.1, -0.05) is 29.8 Å². The molecular formula is C21H19N3O. The SMILES string of the molecule is Cc1ccc2nc3ccccc3c(Nc3cc(N)cc(CO)c3)c2c1. The average molecular weight is 329 g/mol. The number of aliphatic hydroxyl groups is 1. The topological polar surface area (TPSA) is 71.2 Å². The van der Waals surface area contributed by atoms with Gasteiger partial charge in [0.05, 0.1) is 23.3 Å². The van der Waals surface area contributed by atoms with Gasteiger partial charge in [0.15, 0.2) is 0 Å². The molecule has 1 heterocycles. The number of aromatic nitrogens is 1. The maximum absolute atomic E-state index is 9.44. The first kappa shape index (κ1) is 15.4. The van der Waals surface area contributed by atoms with E-state index in [0.717, 1.165) is 38.7 Å². The van der Waals surface area contributed by atoms with Gasteiger partial charge >= 0.3 is 0 Å². The summed E-state index contributed by atoms with van der Waals surface area (Å²) in [4.78, 5) is 4.77. The first-order valence-electron chi connectivity index (χ1n) is 8.20. The fourth-order valence-corrected chi connectivity index (χ4v) is 3.17. The number of aryl methyl sites for hydroxylation is 1. The molecular weight excluding hydrogens is 310 g/mol. The molecule has 0 aliphatic carbocycles. The zero-order chi connectivity index (χ0) is 17.4. The summed E-state index contributed by atoms with van der Waals surface area (Å²) in [5, 5.41) is 15.1. The minimum atomic E-state index is -0.0450. The van der Waals surface area contributed by atoms with Crippen molar-refractivity contribution < 1.29 is 5.11 Å². The summed E-state index contributed by atoms with van der Waals surface area (Å²) in [6.07, 6.45) is 0. The Bertz CT molecular complexity index is 1090. The Kier molecular flexibility index (Phi) is 3.75. The van der Waals surface area contributed by atoms with Crippen LogP contribution in [-0.2, 0) is 6.61 Å². The van der Waals surface area contributed by atoms with E-state index in [2.05, 4.69) is 30.4 Å². The van der Waals surface area contributed by atoms with Crippen LogP contribution in [0.5, 0.6) is 0 Å². The van der Waals surface area contributed by atoms with Gasteiger partial charge in [0.2, 0.25) is 0 Å². The molecule has 4 aromatic rings. The molecule has 25 heavy (non-hydrogen) atoms. The van der Waals surface area contributed by atoms with E-state index in [9.17, 15) is 5.11 Å². The van der Waals surface area contributed by atoms with Crippen LogP contribution in [-0.4, -0.2) is 10.1 Å². The Balaban J connectivity index is 1.97. The molecule has 0 unspecified atom stereocenters. The zero-order valence-electron chi connectivity index (χ0n) is 14.0. The third kappa shape index (κ3) is 2.88. The number of rotatable bonds is 3. The molecule has 0 aliphatic rings. The van der Waals surface area contributed by atoms with E-state index in [-0.39, 0.29) is 6.61 Å². The van der Waals surface area contributed by atoms with Crippen molar-refractivity contribution in [2.75, 3.05) is 11.1 Å². The van der Waals surface area contributed by atoms with Crippen LogP contribution < -0.4 is 11.1 Å². The van der Waals surface area contributed by atoms with E-state index in [1.165, 1.54) is 5.56 Å². The molecule has 4 nitrogen and oxygen atoms in total. The quantitative estimate of drug-likeness (QED) is 0.382. The van der Waals surface area contributed by atoms with Gasteiger partial charge in [0, 0.05) is 22.1 Å². The number of nitrogen functional groups attached to an aromatic ring is 1. The number of nitrogens with two attached hydrogens (primary N) is 1. The molecule has 0 saturated heterocycles. The Morgan fingerprint density at radius 3 is 2.60 bits per heavy atom. The van der Waals surface area contributed by atoms with E-state index in [1.807, 2.05) is 36.4 Å². The summed E-state index contributed by atoms with van der Waals surface area (Å²) < 4.78 is 0. The first-order chi connectivity index (χ1) is 12.1. The second-order valence-electron chi connectivity index (χ2n) is 6.27. The number of nitrogens with zero attached hydrogens (tertiary/aromatic N) is 1. The van der Waals surface area contributed by atoms with Crippen molar-refractivity contribution in [3.05, 3.63) is 71.8 Å². The smallest absolute Gasteiger partial charge is 0.0730 e. The van der Waals surface area contributed by atoms with E-state index >= 15 is 0 Å². The van der Waals surface area contributed by atoms with Gasteiger partial charge < -0.3 is 16.2 Å². The molecule has 0 radical (unpaired) electrons. The maximum Gasteiger partial charge on any atom is 0.0730 e. The number of hydrogen-bond donors (Lipinski definition) is 3. The molecule has 1 aromatic heterocycles. The molecule has 0 aliphatic heterocycles. The van der Waals surface area contributed by atoms with Gasteiger partial charge in [0.25, 0.3) is 0 Å². The van der Waals surface area contributed by atoms with Gasteiger partial charge in [-0.15, -0.1) is 0 Å². The zero-order valence-corrected chi connectivity index (χ0v) is 14.0. The van der Waals surface area contributed by atoms with Crippen LogP contribution in [0.25, 0.3) is 21.8 Å². The highest BCUT2D eigenvalue weighted by Crippen LogP contribution is 2.34. The number of aliphatic hydroxyl groups excluding tert-OH is 1. The Labute approximate surface area is 145 Å². The van der Waals surface area contributed by atoms with Crippen LogP contribution in [0.2, 0.25) is 0 Å². The summed E-state index contributed by atoms with van der Waals surface area (Å²) in [6, 6.07) is 19.9. The van der Waals surface area contributed by atoms with E-state index < -0.39 is 0 Å². The lowest BCUT2D eigenvalue weighted by atomic mass is 10.0. The summed E-state index contributed by atoms with van der Waals surface area (Å²) in [5.41, 5.74) is 12.3. The standard InChI is InChI=1S/C21H19N3O/c1-13-6-7-20-18(8-13)21(17-4-2-3-5-19(17)24-20)23-16-10-14(12-25)9-15(22)11-16/h2-11,25H,12,22H2,1H3,(H,23,24). The van der Waals surface area contributed by atoms with Gasteiger partial charge in [-0.3, -0.25) is 0 Å². The van der Waals surface area contributed by atoms with E-state index in [1.54, 1.807) is 6.07 Å². The van der Waals surface area contributed by atoms with Gasteiger partial charge in [-0.05, 0) is 48.9 Å². The molecule has 0 spiro atoms. The molecule has 0 atom stereocenters. The number of anilines is 3. The molecule has 3 aromatic carbocycles. The Hall–Kier alpha value is -3.11. The van der Waals surface area contributed by atoms with Gasteiger partial charge in [0.1, 0.15) is 0 Å². The van der Waals surface area contributed by atoms with Crippen LogP contribution in [0, 0.1) is 6.92 Å². The number of fused-ring (bicyclic) bond motifs is 2. The first-order valence-corrected chi connectivity index (χ1v) is 8.20. The monoisotopic (exact) mass is 329 g/mol. The number of benzene rings is 3. The number of nitrogens with one attached hydrogen (secondary N) is 1. The third-order valence-electron chi connectivity index (χ3n) is 4.30. The normalized spacial score (nSPS) is 11.1. The van der Waals surface area contributed by atoms with Gasteiger partial charge in [-0.2, -0.15) is 0 Å². The summed E-state index contributed by atoms with van der Waals surface area (Å²) in [7, 11) is 0. The lowest BCUT2D eigenvalue weighted by molar-refractivity contribution is 0.282. The molecule has 0 bridgehead atoms. The summed E-state index contributed by atoms with van der Waals surface area (Å²) in [6.45, 7) is 2.03. The fraction of sp³-hybridized carbons (Fsp3) is 0.0952. The van der Waals surface area contributed by atoms with Crippen LogP contribution >= 0.6 is 0 Å². The van der Waals surface area contributed by atoms with Crippen molar-refractivity contribution in [1.82, 2.24) is 4.98 Å². The van der Waals surface area contributed by atoms with Gasteiger partial charge in [-0.25, -0.2) is 4.98 Å². The largest absolute Gasteiger partial charge is 0.399 e. The van der Waals surface area contributed by atoms with E-state index in [0.29, 0.717) is 5.69 Å². The van der Waals surface area contributed by atoms with Crippen LogP contribution in [0.4, 0.5) is 17.1 Å². The van der Waals surface area contributed by atoms with Crippen molar-refractivity contribution in [3.8, 4) is 0 Å². The second kappa shape index (κ2) is 6.07. The molecule has 4 rings (SSSR count). The van der Waals surface area contributed by atoms with Crippen LogP contribution in [0.1, 0.15) is 11.1 Å². The predicted molar refractivity (Wildman–Crippen MR) is 104 cm³/mol. The highest BCUT2D eigenvalue weighted by molar-refractivity contribution is 6.08. The van der Waals surface area contributed by atoms with Crippen molar-refractivity contribution in [2.24, 2.45) is 0 Å². The van der Waals surface area contributed by atoms with E-state index in [4.69, 9.17) is 10.7 Å².